The highest BCUT2D eigenvalue weighted by molar-refractivity contribution is 14.0. The molecule has 0 spiro atoms. The molecule has 0 bridgehead atoms. The van der Waals surface area contributed by atoms with E-state index < -0.39 is 0 Å². The molecule has 0 aromatic rings. The van der Waals surface area contributed by atoms with Crippen molar-refractivity contribution in [1.82, 2.24) is 15.5 Å². The van der Waals surface area contributed by atoms with Crippen LogP contribution in [0, 0.1) is 11.3 Å². The lowest BCUT2D eigenvalue weighted by molar-refractivity contribution is -0.122. The van der Waals surface area contributed by atoms with E-state index in [1.807, 2.05) is 39.6 Å². The molecule has 1 rings (SSSR count). The van der Waals surface area contributed by atoms with Crippen LogP contribution in [0.4, 0.5) is 0 Å². The van der Waals surface area contributed by atoms with Crippen LogP contribution in [-0.4, -0.2) is 61.7 Å². The number of nitrogens with one attached hydrogen (secondary N) is 2. The lowest BCUT2D eigenvalue weighted by Gasteiger charge is -2.39. The molecule has 2 unspecified atom stereocenters. The van der Waals surface area contributed by atoms with Crippen LogP contribution >= 0.6 is 24.0 Å². The van der Waals surface area contributed by atoms with Crippen LogP contribution in [0.2, 0.25) is 0 Å². The number of hydrogen-bond donors (Lipinski definition) is 2. The fourth-order valence-electron chi connectivity index (χ4n) is 3.41. The maximum Gasteiger partial charge on any atom is 0.240 e. The molecule has 1 fully saturated rings. The Hall–Kier alpha value is -0.570. The summed E-state index contributed by atoms with van der Waals surface area (Å²) in [6, 6.07) is 0. The highest BCUT2D eigenvalue weighted by Crippen LogP contribution is 2.34. The number of hydrogen-bond acceptors (Lipinski definition) is 3. The normalized spacial score (nSPS) is 21.3. The van der Waals surface area contributed by atoms with Crippen molar-refractivity contribution in [3.8, 4) is 0 Å². The summed E-state index contributed by atoms with van der Waals surface area (Å²) in [6.45, 7) is 17.3. The van der Waals surface area contributed by atoms with Gasteiger partial charge in [0.15, 0.2) is 5.96 Å². The van der Waals surface area contributed by atoms with Gasteiger partial charge in [-0.3, -0.25) is 9.79 Å². The second-order valence-electron chi connectivity index (χ2n) is 9.41. The summed E-state index contributed by atoms with van der Waals surface area (Å²) in [6.07, 6.45) is 2.45. The zero-order valence-electron chi connectivity index (χ0n) is 18.5. The van der Waals surface area contributed by atoms with Gasteiger partial charge in [0.1, 0.15) is 0 Å². The summed E-state index contributed by atoms with van der Waals surface area (Å²) in [7, 11) is 1.91. The van der Waals surface area contributed by atoms with Gasteiger partial charge in [-0.2, -0.15) is 0 Å². The number of guanidine groups is 1. The lowest BCUT2D eigenvalue weighted by Crippen LogP contribution is -2.49. The molecular weight excluding hydrogens is 455 g/mol. The number of halogens is 1. The first-order valence-electron chi connectivity index (χ1n) is 9.86. The molecule has 0 saturated carbocycles. The summed E-state index contributed by atoms with van der Waals surface area (Å²) in [5.41, 5.74) is -0.121. The minimum Gasteiger partial charge on any atom is -0.377 e. The summed E-state index contributed by atoms with van der Waals surface area (Å²) in [5, 5.41) is 6.29. The van der Waals surface area contributed by atoms with Crippen molar-refractivity contribution in [1.29, 1.82) is 0 Å². The molecule has 6 nitrogen and oxygen atoms in total. The lowest BCUT2D eigenvalue weighted by atomic mass is 9.78. The Morgan fingerprint density at radius 2 is 1.85 bits per heavy atom. The fourth-order valence-corrected chi connectivity index (χ4v) is 3.41. The SMILES string of the molecule is CCNC(=NCC1CCCOC1C(C)(C)C)N(C)CC(=O)NC(C)(C)C.I. The number of carbonyl (C=O) groups is 1. The third kappa shape index (κ3) is 9.96. The highest BCUT2D eigenvalue weighted by atomic mass is 127. The number of ether oxygens (including phenoxy) is 1. The first-order chi connectivity index (χ1) is 11.9. The Morgan fingerprint density at radius 3 is 2.37 bits per heavy atom. The Kier molecular flexibility index (Phi) is 11.2. The molecule has 2 atom stereocenters. The molecule has 1 saturated heterocycles. The van der Waals surface area contributed by atoms with Gasteiger partial charge in [-0.1, -0.05) is 20.8 Å². The Balaban J connectivity index is 0.00000676. The van der Waals surface area contributed by atoms with Crippen LogP contribution in [0.15, 0.2) is 4.99 Å². The van der Waals surface area contributed by atoms with Crippen molar-refractivity contribution >= 4 is 35.8 Å². The quantitative estimate of drug-likeness (QED) is 0.349. The maximum atomic E-state index is 12.2. The first kappa shape index (κ1) is 26.4. The Morgan fingerprint density at radius 1 is 1.22 bits per heavy atom. The van der Waals surface area contributed by atoms with E-state index in [2.05, 4.69) is 31.4 Å². The summed E-state index contributed by atoms with van der Waals surface area (Å²) in [5.74, 6) is 1.18. The smallest absolute Gasteiger partial charge is 0.240 e. The molecule has 7 heteroatoms. The largest absolute Gasteiger partial charge is 0.377 e. The van der Waals surface area contributed by atoms with Crippen molar-refractivity contribution in [3.63, 3.8) is 0 Å². The van der Waals surface area contributed by atoms with Crippen molar-refractivity contribution in [2.24, 2.45) is 16.3 Å². The third-order valence-electron chi connectivity index (χ3n) is 4.37. The van der Waals surface area contributed by atoms with Crippen LogP contribution in [0.25, 0.3) is 0 Å². The summed E-state index contributed by atoms with van der Waals surface area (Å²) in [4.78, 5) is 18.9. The second kappa shape index (κ2) is 11.4. The van der Waals surface area contributed by atoms with E-state index in [0.717, 1.165) is 38.5 Å². The van der Waals surface area contributed by atoms with Crippen molar-refractivity contribution < 1.29 is 9.53 Å². The van der Waals surface area contributed by atoms with E-state index in [0.29, 0.717) is 5.92 Å². The van der Waals surface area contributed by atoms with Gasteiger partial charge in [-0.15, -0.1) is 24.0 Å². The molecular formula is C20H41IN4O2. The number of likely N-dealkylation sites (N-methyl/N-ethyl adjacent to an activating group) is 1. The third-order valence-corrected chi connectivity index (χ3v) is 4.37. The monoisotopic (exact) mass is 496 g/mol. The maximum absolute atomic E-state index is 12.2. The number of amides is 1. The zero-order valence-corrected chi connectivity index (χ0v) is 20.8. The molecule has 2 N–H and O–H groups in total. The average molecular weight is 496 g/mol. The van der Waals surface area contributed by atoms with E-state index in [-0.39, 0.29) is 53.5 Å². The van der Waals surface area contributed by atoms with Gasteiger partial charge in [-0.25, -0.2) is 0 Å². The molecule has 27 heavy (non-hydrogen) atoms. The molecule has 160 valence electrons. The predicted octanol–water partition coefficient (Wildman–Crippen LogP) is 3.26. The van der Waals surface area contributed by atoms with Crippen LogP contribution < -0.4 is 10.6 Å². The van der Waals surface area contributed by atoms with E-state index in [4.69, 9.17) is 9.73 Å². The number of aliphatic imine (C=N–C) groups is 1. The molecule has 0 aromatic carbocycles. The van der Waals surface area contributed by atoms with E-state index >= 15 is 0 Å². The number of nitrogens with zero attached hydrogens (tertiary/aromatic N) is 2. The molecule has 0 aromatic heterocycles. The van der Waals surface area contributed by atoms with Crippen molar-refractivity contribution in [3.05, 3.63) is 0 Å². The van der Waals surface area contributed by atoms with Crippen molar-refractivity contribution in [2.75, 3.05) is 33.3 Å². The number of rotatable bonds is 5. The summed E-state index contributed by atoms with van der Waals surface area (Å²) >= 11 is 0. The average Bonchev–Trinajstić information content (AvgIpc) is 2.48. The molecule has 0 radical (unpaired) electrons. The fraction of sp³-hybridized carbons (Fsp3) is 0.900. The molecule has 1 aliphatic heterocycles. The zero-order chi connectivity index (χ0) is 20.0. The van der Waals surface area contributed by atoms with E-state index in [1.54, 1.807) is 0 Å². The van der Waals surface area contributed by atoms with Crippen LogP contribution in [-0.2, 0) is 9.53 Å². The standard InChI is InChI=1S/C20H40N4O2.HI/c1-9-21-18(24(8)14-16(25)23-20(5,6)7)22-13-15-11-10-12-26-17(15)19(2,3)4;/h15,17H,9-14H2,1-8H3,(H,21,22)(H,23,25);1H. The van der Waals surface area contributed by atoms with Crippen LogP contribution in [0.1, 0.15) is 61.3 Å². The molecule has 0 aliphatic carbocycles. The number of carbonyl (C=O) groups excluding carboxylic acids is 1. The van der Waals surface area contributed by atoms with E-state index in [1.165, 1.54) is 0 Å². The Labute approximate surface area is 183 Å². The van der Waals surface area contributed by atoms with E-state index in [9.17, 15) is 4.79 Å². The first-order valence-corrected chi connectivity index (χ1v) is 9.86. The second-order valence-corrected chi connectivity index (χ2v) is 9.41. The van der Waals surface area contributed by atoms with Gasteiger partial charge < -0.3 is 20.3 Å². The van der Waals surface area contributed by atoms with Crippen LogP contribution in [0.5, 0.6) is 0 Å². The van der Waals surface area contributed by atoms with Gasteiger partial charge in [0.25, 0.3) is 0 Å². The topological polar surface area (TPSA) is 66.0 Å². The van der Waals surface area contributed by atoms with Crippen molar-refractivity contribution in [2.45, 2.75) is 73.0 Å². The van der Waals surface area contributed by atoms with Crippen LogP contribution in [0.3, 0.4) is 0 Å². The minimum atomic E-state index is -0.229. The van der Waals surface area contributed by atoms with Gasteiger partial charge in [0.05, 0.1) is 12.6 Å². The highest BCUT2D eigenvalue weighted by Gasteiger charge is 2.35. The van der Waals surface area contributed by atoms with Gasteiger partial charge in [0.2, 0.25) is 5.91 Å². The minimum absolute atomic E-state index is 0. The summed E-state index contributed by atoms with van der Waals surface area (Å²) < 4.78 is 6.06. The van der Waals surface area contributed by atoms with Gasteiger partial charge in [0, 0.05) is 38.2 Å². The van der Waals surface area contributed by atoms with Gasteiger partial charge >= 0.3 is 0 Å². The Bertz CT molecular complexity index is 483. The van der Waals surface area contributed by atoms with Gasteiger partial charge in [-0.05, 0) is 46.0 Å². The molecule has 1 amide bonds. The predicted molar refractivity (Wildman–Crippen MR) is 124 cm³/mol. The molecule has 1 aliphatic rings. The molecule has 1 heterocycles.